The molecule has 2 aromatic carbocycles. The van der Waals surface area contributed by atoms with Crippen LogP contribution in [0.15, 0.2) is 48.5 Å². The third-order valence-electron chi connectivity index (χ3n) is 7.40. The minimum absolute atomic E-state index is 0.188. The fourth-order valence-electron chi connectivity index (χ4n) is 5.40. The lowest BCUT2D eigenvalue weighted by Gasteiger charge is -2.41. The van der Waals surface area contributed by atoms with Crippen LogP contribution in [0.2, 0.25) is 0 Å². The molecule has 3 aliphatic rings. The molecule has 3 unspecified atom stereocenters. The Balaban J connectivity index is 1.29. The second-order valence-corrected chi connectivity index (χ2v) is 9.41. The number of benzene rings is 2. The highest BCUT2D eigenvalue weighted by Gasteiger charge is 2.39. The van der Waals surface area contributed by atoms with E-state index in [1.165, 1.54) is 54.4 Å². The van der Waals surface area contributed by atoms with Gasteiger partial charge in [0.2, 0.25) is 5.91 Å². The Morgan fingerprint density at radius 1 is 0.867 bits per heavy atom. The van der Waals surface area contributed by atoms with Crippen molar-refractivity contribution in [3.05, 3.63) is 59.7 Å². The lowest BCUT2D eigenvalue weighted by molar-refractivity contribution is -0.133. The van der Waals surface area contributed by atoms with Gasteiger partial charge >= 0.3 is 0 Å². The first-order valence-corrected chi connectivity index (χ1v) is 11.7. The summed E-state index contributed by atoms with van der Waals surface area (Å²) in [4.78, 5) is 12.2. The largest absolute Gasteiger partial charge is 0.310 e. The van der Waals surface area contributed by atoms with Crippen molar-refractivity contribution < 1.29 is 4.79 Å². The number of rotatable bonds is 6. The molecule has 2 aliphatic carbocycles. The van der Waals surface area contributed by atoms with Crippen LogP contribution in [0.3, 0.4) is 0 Å². The molecule has 158 valence electrons. The quantitative estimate of drug-likeness (QED) is 0.672. The highest BCUT2D eigenvalue weighted by molar-refractivity contribution is 5.79. The van der Waals surface area contributed by atoms with Crippen molar-refractivity contribution >= 4 is 5.91 Å². The summed E-state index contributed by atoms with van der Waals surface area (Å²) in [7, 11) is 0. The van der Waals surface area contributed by atoms with E-state index in [0.717, 1.165) is 25.8 Å². The van der Waals surface area contributed by atoms with Gasteiger partial charge in [0.1, 0.15) is 0 Å². The first-order valence-electron chi connectivity index (χ1n) is 11.7. The van der Waals surface area contributed by atoms with E-state index in [2.05, 4.69) is 64.7 Å². The highest BCUT2D eigenvalue weighted by Crippen LogP contribution is 2.35. The van der Waals surface area contributed by atoms with Gasteiger partial charge < -0.3 is 5.32 Å². The molecule has 2 saturated carbocycles. The van der Waals surface area contributed by atoms with E-state index in [-0.39, 0.29) is 11.8 Å². The Bertz CT molecular complexity index is 891. The van der Waals surface area contributed by atoms with Crippen molar-refractivity contribution in [3.63, 3.8) is 0 Å². The lowest BCUT2D eigenvalue weighted by Crippen LogP contribution is -2.60. The molecule has 0 radical (unpaired) electrons. The van der Waals surface area contributed by atoms with Gasteiger partial charge in [-0.1, -0.05) is 61.7 Å². The SMILES string of the molecule is O=C1NNC(Cc2cccc(-c3cccc(CNC4CCC4)c3)c2)C2CCCCC12. The van der Waals surface area contributed by atoms with Crippen LogP contribution in [0.5, 0.6) is 0 Å². The maximum absolute atomic E-state index is 12.2. The Morgan fingerprint density at radius 3 is 2.37 bits per heavy atom. The van der Waals surface area contributed by atoms with E-state index in [0.29, 0.717) is 18.0 Å². The predicted molar refractivity (Wildman–Crippen MR) is 121 cm³/mol. The van der Waals surface area contributed by atoms with Crippen LogP contribution in [0.25, 0.3) is 11.1 Å². The maximum Gasteiger partial charge on any atom is 0.237 e. The van der Waals surface area contributed by atoms with E-state index >= 15 is 0 Å². The van der Waals surface area contributed by atoms with Crippen molar-refractivity contribution in [3.8, 4) is 11.1 Å². The highest BCUT2D eigenvalue weighted by atomic mass is 16.2. The Morgan fingerprint density at radius 2 is 1.60 bits per heavy atom. The summed E-state index contributed by atoms with van der Waals surface area (Å²) in [5, 5.41) is 3.67. The normalized spacial score (nSPS) is 26.5. The Kier molecular flexibility index (Phi) is 5.87. The van der Waals surface area contributed by atoms with Gasteiger partial charge in [-0.2, -0.15) is 0 Å². The van der Waals surface area contributed by atoms with Gasteiger partial charge in [-0.3, -0.25) is 10.2 Å². The monoisotopic (exact) mass is 403 g/mol. The smallest absolute Gasteiger partial charge is 0.237 e. The van der Waals surface area contributed by atoms with Gasteiger partial charge in [-0.05, 0) is 66.3 Å². The number of carbonyl (C=O) groups is 1. The van der Waals surface area contributed by atoms with Gasteiger partial charge in [-0.25, -0.2) is 5.43 Å². The minimum Gasteiger partial charge on any atom is -0.310 e. The zero-order valence-corrected chi connectivity index (χ0v) is 17.7. The molecule has 4 heteroatoms. The fourth-order valence-corrected chi connectivity index (χ4v) is 5.40. The molecule has 0 aromatic heterocycles. The number of amides is 1. The number of carbonyl (C=O) groups excluding carboxylic acids is 1. The molecule has 3 fully saturated rings. The van der Waals surface area contributed by atoms with Crippen LogP contribution in [-0.4, -0.2) is 18.0 Å². The molecule has 1 saturated heterocycles. The number of nitrogens with one attached hydrogen (secondary N) is 3. The molecule has 30 heavy (non-hydrogen) atoms. The summed E-state index contributed by atoms with van der Waals surface area (Å²) >= 11 is 0. The summed E-state index contributed by atoms with van der Waals surface area (Å²) < 4.78 is 0. The molecular weight excluding hydrogens is 370 g/mol. The predicted octanol–water partition coefficient (Wildman–Crippen LogP) is 4.35. The van der Waals surface area contributed by atoms with Crippen molar-refractivity contribution in [1.82, 2.24) is 16.2 Å². The van der Waals surface area contributed by atoms with Gasteiger partial charge in [-0.15, -0.1) is 0 Å². The first kappa shape index (κ1) is 19.8. The van der Waals surface area contributed by atoms with Crippen molar-refractivity contribution in [2.24, 2.45) is 11.8 Å². The van der Waals surface area contributed by atoms with Gasteiger partial charge in [0.05, 0.1) is 0 Å². The molecule has 3 N–H and O–H groups in total. The summed E-state index contributed by atoms with van der Waals surface area (Å²) in [6.45, 7) is 0.951. The van der Waals surface area contributed by atoms with Gasteiger partial charge in [0, 0.05) is 24.5 Å². The molecule has 1 aliphatic heterocycles. The Hall–Kier alpha value is -2.17. The van der Waals surface area contributed by atoms with E-state index in [9.17, 15) is 4.79 Å². The summed E-state index contributed by atoms with van der Waals surface area (Å²) in [6.07, 6.45) is 9.58. The molecule has 1 amide bonds. The standard InChI is InChI=1S/C26H33N3O/c30-26-24-13-2-1-12-23(24)25(28-29-26)16-18-6-3-8-20(14-18)21-9-4-7-19(15-21)17-27-22-10-5-11-22/h3-4,6-9,14-15,22-25,27-28H,1-2,5,10-13,16-17H2,(H,29,30). The third kappa shape index (κ3) is 4.30. The lowest BCUT2D eigenvalue weighted by atomic mass is 9.72. The topological polar surface area (TPSA) is 53.2 Å². The zero-order valence-electron chi connectivity index (χ0n) is 17.7. The maximum atomic E-state index is 12.2. The number of hydrazine groups is 1. The van der Waals surface area contributed by atoms with Crippen molar-refractivity contribution in [1.29, 1.82) is 0 Å². The molecule has 1 heterocycles. The van der Waals surface area contributed by atoms with Crippen LogP contribution in [0, 0.1) is 11.8 Å². The van der Waals surface area contributed by atoms with Crippen LogP contribution < -0.4 is 16.2 Å². The van der Waals surface area contributed by atoms with Crippen LogP contribution in [0.4, 0.5) is 0 Å². The first-order chi connectivity index (χ1) is 14.8. The van der Waals surface area contributed by atoms with Crippen molar-refractivity contribution in [2.45, 2.75) is 70.0 Å². The fraction of sp³-hybridized carbons (Fsp3) is 0.500. The second-order valence-electron chi connectivity index (χ2n) is 9.41. The van der Waals surface area contributed by atoms with Crippen molar-refractivity contribution in [2.75, 3.05) is 0 Å². The molecule has 3 atom stereocenters. The average molecular weight is 404 g/mol. The average Bonchev–Trinajstić information content (AvgIpc) is 2.75. The third-order valence-corrected chi connectivity index (χ3v) is 7.40. The molecular formula is C26H33N3O. The van der Waals surface area contributed by atoms with Gasteiger partial charge in [0.15, 0.2) is 0 Å². The molecule has 0 bridgehead atoms. The van der Waals surface area contributed by atoms with E-state index in [1.54, 1.807) is 0 Å². The van der Waals surface area contributed by atoms with Gasteiger partial charge in [0.25, 0.3) is 0 Å². The number of hydrogen-bond acceptors (Lipinski definition) is 3. The summed E-state index contributed by atoms with van der Waals surface area (Å²) in [6, 6.07) is 18.9. The number of fused-ring (bicyclic) bond motifs is 1. The molecule has 5 rings (SSSR count). The summed E-state index contributed by atoms with van der Waals surface area (Å²) in [5.41, 5.74) is 11.5. The summed E-state index contributed by atoms with van der Waals surface area (Å²) in [5.74, 6) is 0.835. The number of hydrogen-bond donors (Lipinski definition) is 3. The van der Waals surface area contributed by atoms with Crippen LogP contribution in [0.1, 0.15) is 56.1 Å². The molecule has 4 nitrogen and oxygen atoms in total. The van der Waals surface area contributed by atoms with E-state index in [1.807, 2.05) is 0 Å². The molecule has 0 spiro atoms. The van der Waals surface area contributed by atoms with Crippen LogP contribution in [-0.2, 0) is 17.8 Å². The zero-order chi connectivity index (χ0) is 20.3. The minimum atomic E-state index is 0.188. The van der Waals surface area contributed by atoms with E-state index < -0.39 is 0 Å². The van der Waals surface area contributed by atoms with E-state index in [4.69, 9.17) is 0 Å². The molecule has 2 aromatic rings. The van der Waals surface area contributed by atoms with Crippen LogP contribution >= 0.6 is 0 Å². The Labute approximate surface area is 179 Å². The second kappa shape index (κ2) is 8.91.